The first-order chi connectivity index (χ1) is 13.0. The molecule has 0 spiro atoms. The highest BCUT2D eigenvalue weighted by Crippen LogP contribution is 2.36. The second kappa shape index (κ2) is 7.19. The van der Waals surface area contributed by atoms with Crippen molar-refractivity contribution in [2.45, 2.75) is 18.4 Å². The molecular weight excluding hydrogens is 343 g/mol. The zero-order chi connectivity index (χ0) is 18.9. The maximum atomic E-state index is 13.1. The van der Waals surface area contributed by atoms with Gasteiger partial charge in [0, 0.05) is 31.9 Å². The van der Waals surface area contributed by atoms with Gasteiger partial charge in [-0.3, -0.25) is 0 Å². The molecule has 0 saturated carbocycles. The fraction of sp³-hybridized carbons (Fsp3) is 0.381. The van der Waals surface area contributed by atoms with Crippen molar-refractivity contribution in [3.8, 4) is 0 Å². The number of benzene rings is 2. The molecule has 1 aliphatic heterocycles. The Morgan fingerprint density at radius 2 is 1.78 bits per heavy atom. The van der Waals surface area contributed by atoms with Crippen LogP contribution >= 0.6 is 0 Å². The lowest BCUT2D eigenvalue weighted by molar-refractivity contribution is 0.0483. The molecule has 0 aromatic heterocycles. The van der Waals surface area contributed by atoms with Crippen LogP contribution in [0.2, 0.25) is 0 Å². The summed E-state index contributed by atoms with van der Waals surface area (Å²) in [6.45, 7) is 3.39. The Bertz CT molecular complexity index is 830. The van der Waals surface area contributed by atoms with Gasteiger partial charge >= 0.3 is 0 Å². The van der Waals surface area contributed by atoms with Gasteiger partial charge in [-0.05, 0) is 48.2 Å². The molecule has 0 bridgehead atoms. The van der Waals surface area contributed by atoms with Gasteiger partial charge in [0.25, 0.3) is 0 Å². The minimum atomic E-state index is -0.919. The van der Waals surface area contributed by atoms with E-state index < -0.39 is 5.60 Å². The molecule has 0 amide bonds. The van der Waals surface area contributed by atoms with Crippen LogP contribution in [-0.4, -0.2) is 48.7 Å². The molecule has 1 saturated heterocycles. The van der Waals surface area contributed by atoms with Gasteiger partial charge in [-0.15, -0.1) is 0 Å². The number of nitrogens with zero attached hydrogens (tertiary/aromatic N) is 3. The van der Waals surface area contributed by atoms with Gasteiger partial charge in [-0.25, -0.2) is 9.38 Å². The first kappa shape index (κ1) is 17.8. The predicted molar refractivity (Wildman–Crippen MR) is 105 cm³/mol. The van der Waals surface area contributed by atoms with E-state index in [4.69, 9.17) is 5.73 Å². The number of nitrogens with two attached hydrogens (primary N) is 1. The number of guanidine groups is 1. The number of rotatable bonds is 3. The molecule has 0 radical (unpaired) electrons. The molecule has 1 unspecified atom stereocenters. The molecule has 1 atom stereocenters. The Kier molecular flexibility index (Phi) is 4.74. The average molecular weight is 368 g/mol. The molecule has 1 heterocycles. The van der Waals surface area contributed by atoms with Gasteiger partial charge in [0.15, 0.2) is 5.96 Å². The normalized spacial score (nSPS) is 22.8. The number of hydrogen-bond donors (Lipinski definition) is 2. The fourth-order valence-electron chi connectivity index (χ4n) is 3.99. The SMILES string of the molecule is NC(=NCC1(O)CCc2ccccc21)N1CCN(c2ccc(F)cc2)CC1. The second-order valence-corrected chi connectivity index (χ2v) is 7.31. The fourth-order valence-corrected chi connectivity index (χ4v) is 3.99. The molecule has 2 aliphatic rings. The Morgan fingerprint density at radius 3 is 2.52 bits per heavy atom. The lowest BCUT2D eigenvalue weighted by atomic mass is 9.96. The zero-order valence-electron chi connectivity index (χ0n) is 15.3. The maximum Gasteiger partial charge on any atom is 0.191 e. The highest BCUT2D eigenvalue weighted by atomic mass is 19.1. The number of halogens is 1. The van der Waals surface area contributed by atoms with Crippen LogP contribution in [0.15, 0.2) is 53.5 Å². The van der Waals surface area contributed by atoms with Crippen molar-refractivity contribution < 1.29 is 9.50 Å². The quantitative estimate of drug-likeness (QED) is 0.643. The van der Waals surface area contributed by atoms with E-state index in [9.17, 15) is 9.50 Å². The number of aliphatic hydroxyl groups is 1. The van der Waals surface area contributed by atoms with Gasteiger partial charge in [0.2, 0.25) is 0 Å². The summed E-state index contributed by atoms with van der Waals surface area (Å²) in [6.07, 6.45) is 1.56. The Morgan fingerprint density at radius 1 is 1.07 bits per heavy atom. The van der Waals surface area contributed by atoms with E-state index in [0.717, 1.165) is 43.9 Å². The monoisotopic (exact) mass is 368 g/mol. The molecule has 142 valence electrons. The average Bonchev–Trinajstić information content (AvgIpc) is 3.04. The van der Waals surface area contributed by atoms with E-state index in [1.165, 1.54) is 17.7 Å². The first-order valence-electron chi connectivity index (χ1n) is 9.41. The molecular formula is C21H25FN4O. The highest BCUT2D eigenvalue weighted by molar-refractivity contribution is 5.78. The molecule has 6 heteroatoms. The third-order valence-electron chi connectivity index (χ3n) is 5.62. The molecule has 2 aromatic carbocycles. The van der Waals surface area contributed by atoms with E-state index in [2.05, 4.69) is 16.0 Å². The summed E-state index contributed by atoms with van der Waals surface area (Å²) >= 11 is 0. The molecule has 2 aromatic rings. The van der Waals surface area contributed by atoms with Crippen molar-refractivity contribution >= 4 is 11.6 Å². The predicted octanol–water partition coefficient (Wildman–Crippen LogP) is 2.10. The number of piperazine rings is 1. The van der Waals surface area contributed by atoms with Gasteiger partial charge < -0.3 is 20.6 Å². The minimum absolute atomic E-state index is 0.222. The summed E-state index contributed by atoms with van der Waals surface area (Å²) in [5.74, 6) is 0.256. The third kappa shape index (κ3) is 3.62. The Balaban J connectivity index is 1.37. The summed E-state index contributed by atoms with van der Waals surface area (Å²) in [5, 5.41) is 11.0. The highest BCUT2D eigenvalue weighted by Gasteiger charge is 2.36. The van der Waals surface area contributed by atoms with Crippen molar-refractivity contribution in [2.75, 3.05) is 37.6 Å². The first-order valence-corrected chi connectivity index (χ1v) is 9.41. The van der Waals surface area contributed by atoms with Gasteiger partial charge in [-0.2, -0.15) is 0 Å². The van der Waals surface area contributed by atoms with E-state index in [-0.39, 0.29) is 12.4 Å². The summed E-state index contributed by atoms with van der Waals surface area (Å²) < 4.78 is 13.1. The van der Waals surface area contributed by atoms with Crippen LogP contribution in [0.25, 0.3) is 0 Å². The van der Waals surface area contributed by atoms with Crippen LogP contribution in [0.3, 0.4) is 0 Å². The molecule has 5 nitrogen and oxygen atoms in total. The summed E-state index contributed by atoms with van der Waals surface area (Å²) in [5.41, 5.74) is 8.47. The minimum Gasteiger partial charge on any atom is -0.383 e. The summed E-state index contributed by atoms with van der Waals surface area (Å²) in [7, 11) is 0. The van der Waals surface area contributed by atoms with Crippen LogP contribution in [-0.2, 0) is 12.0 Å². The molecule has 3 N–H and O–H groups in total. The van der Waals surface area contributed by atoms with Crippen LogP contribution in [0.1, 0.15) is 17.5 Å². The van der Waals surface area contributed by atoms with Crippen molar-refractivity contribution in [3.63, 3.8) is 0 Å². The largest absolute Gasteiger partial charge is 0.383 e. The molecule has 1 aliphatic carbocycles. The standard InChI is InChI=1S/C21H25FN4O/c22-17-5-7-18(8-6-17)25-11-13-26(14-12-25)20(23)24-15-21(27)10-9-16-3-1-2-4-19(16)21/h1-8,27H,9-15H2,(H2,23,24). The zero-order valence-corrected chi connectivity index (χ0v) is 15.3. The topological polar surface area (TPSA) is 65.1 Å². The maximum absolute atomic E-state index is 13.1. The summed E-state index contributed by atoms with van der Waals surface area (Å²) in [6, 6.07) is 14.6. The molecule has 4 rings (SSSR count). The van der Waals surface area contributed by atoms with Crippen LogP contribution in [0.5, 0.6) is 0 Å². The third-order valence-corrected chi connectivity index (χ3v) is 5.62. The number of aryl methyl sites for hydroxylation is 1. The van der Waals surface area contributed by atoms with Crippen molar-refractivity contribution in [3.05, 3.63) is 65.5 Å². The number of hydrogen-bond acceptors (Lipinski definition) is 3. The smallest absolute Gasteiger partial charge is 0.191 e. The van der Waals surface area contributed by atoms with Gasteiger partial charge in [0.05, 0.1) is 6.54 Å². The Labute approximate surface area is 158 Å². The number of anilines is 1. The van der Waals surface area contributed by atoms with Crippen molar-refractivity contribution in [1.29, 1.82) is 0 Å². The van der Waals surface area contributed by atoms with Gasteiger partial charge in [0.1, 0.15) is 11.4 Å². The van der Waals surface area contributed by atoms with Crippen molar-refractivity contribution in [1.82, 2.24) is 4.90 Å². The van der Waals surface area contributed by atoms with E-state index in [1.807, 2.05) is 23.1 Å². The van der Waals surface area contributed by atoms with Crippen LogP contribution in [0.4, 0.5) is 10.1 Å². The van der Waals surface area contributed by atoms with Gasteiger partial charge in [-0.1, -0.05) is 24.3 Å². The molecule has 1 fully saturated rings. The molecule has 27 heavy (non-hydrogen) atoms. The van der Waals surface area contributed by atoms with Crippen LogP contribution < -0.4 is 10.6 Å². The van der Waals surface area contributed by atoms with Crippen molar-refractivity contribution in [2.24, 2.45) is 10.7 Å². The number of fused-ring (bicyclic) bond motifs is 1. The Hall–Kier alpha value is -2.60. The van der Waals surface area contributed by atoms with E-state index in [0.29, 0.717) is 12.4 Å². The van der Waals surface area contributed by atoms with E-state index >= 15 is 0 Å². The lowest BCUT2D eigenvalue weighted by Crippen LogP contribution is -2.51. The number of aliphatic imine (C=N–C) groups is 1. The van der Waals surface area contributed by atoms with E-state index in [1.54, 1.807) is 12.1 Å². The van der Waals surface area contributed by atoms with Crippen LogP contribution in [0, 0.1) is 5.82 Å². The summed E-state index contributed by atoms with van der Waals surface area (Å²) in [4.78, 5) is 8.77. The lowest BCUT2D eigenvalue weighted by Gasteiger charge is -2.36. The second-order valence-electron chi connectivity index (χ2n) is 7.31.